The summed E-state index contributed by atoms with van der Waals surface area (Å²) in [6, 6.07) is 11.0. The van der Waals surface area contributed by atoms with Crippen LogP contribution in [0.15, 0.2) is 41.8 Å². The Labute approximate surface area is 174 Å². The number of hydrogen-bond acceptors (Lipinski definition) is 5. The van der Waals surface area contributed by atoms with Gasteiger partial charge in [0, 0.05) is 35.5 Å². The van der Waals surface area contributed by atoms with Gasteiger partial charge in [0.15, 0.2) is 5.82 Å². The summed E-state index contributed by atoms with van der Waals surface area (Å²) in [5.41, 5.74) is 1.04. The molecule has 0 radical (unpaired) electrons. The van der Waals surface area contributed by atoms with Crippen LogP contribution in [-0.4, -0.2) is 26.6 Å². The van der Waals surface area contributed by atoms with E-state index in [0.29, 0.717) is 29.4 Å². The summed E-state index contributed by atoms with van der Waals surface area (Å²) in [6.07, 6.45) is 2.12. The number of hydrogen-bond donors (Lipinski definition) is 2. The first kappa shape index (κ1) is 20.7. The smallest absolute Gasteiger partial charge is 0.258 e. The van der Waals surface area contributed by atoms with Crippen LogP contribution in [0.4, 0.5) is 11.6 Å². The molecule has 0 bridgehead atoms. The Morgan fingerprint density at radius 2 is 2.00 bits per heavy atom. The minimum absolute atomic E-state index is 0.0611. The fourth-order valence-electron chi connectivity index (χ4n) is 2.77. The zero-order valence-electron chi connectivity index (χ0n) is 16.8. The first-order valence-corrected chi connectivity index (χ1v) is 10.4. The quantitative estimate of drug-likeness (QED) is 0.581. The predicted molar refractivity (Wildman–Crippen MR) is 115 cm³/mol. The van der Waals surface area contributed by atoms with Crippen LogP contribution in [0, 0.1) is 0 Å². The lowest BCUT2D eigenvalue weighted by Crippen LogP contribution is -2.16. The van der Waals surface area contributed by atoms with Crippen molar-refractivity contribution in [2.45, 2.75) is 39.0 Å². The van der Waals surface area contributed by atoms with Crippen LogP contribution >= 0.6 is 11.3 Å². The van der Waals surface area contributed by atoms with E-state index in [4.69, 9.17) is 0 Å². The summed E-state index contributed by atoms with van der Waals surface area (Å²) in [6.45, 7) is 3.99. The number of benzene rings is 1. The van der Waals surface area contributed by atoms with Crippen molar-refractivity contribution in [3.8, 4) is 0 Å². The van der Waals surface area contributed by atoms with E-state index < -0.39 is 0 Å². The lowest BCUT2D eigenvalue weighted by Gasteiger charge is -2.08. The third-order valence-electron chi connectivity index (χ3n) is 4.34. The maximum atomic E-state index is 12.6. The van der Waals surface area contributed by atoms with Crippen molar-refractivity contribution < 1.29 is 9.59 Å². The second-order valence-corrected chi connectivity index (χ2v) is 8.12. The summed E-state index contributed by atoms with van der Waals surface area (Å²) < 4.78 is 1.55. The first-order chi connectivity index (χ1) is 13.9. The highest BCUT2D eigenvalue weighted by molar-refractivity contribution is 7.09. The van der Waals surface area contributed by atoms with Gasteiger partial charge in [-0.25, -0.2) is 4.68 Å². The number of rotatable bonds is 8. The van der Waals surface area contributed by atoms with Crippen molar-refractivity contribution in [1.82, 2.24) is 14.8 Å². The Morgan fingerprint density at radius 1 is 1.17 bits per heavy atom. The molecule has 0 saturated carbocycles. The number of anilines is 2. The molecule has 0 fully saturated rings. The molecule has 2 aromatic heterocycles. The number of nitrogens with zero attached hydrogens (tertiary/aromatic N) is 3. The molecular formula is C21H25N5O2S. The second kappa shape index (κ2) is 9.47. The molecule has 0 aliphatic carbocycles. The predicted octanol–water partition coefficient (Wildman–Crippen LogP) is 4.21. The van der Waals surface area contributed by atoms with Gasteiger partial charge in [-0.3, -0.25) is 14.9 Å². The second-order valence-electron chi connectivity index (χ2n) is 7.09. The molecule has 0 atom stereocenters. The Hall–Kier alpha value is -3.00. The van der Waals surface area contributed by atoms with E-state index >= 15 is 0 Å². The number of thiophene rings is 1. The summed E-state index contributed by atoms with van der Waals surface area (Å²) in [5.74, 6) is 0.872. The molecule has 8 heteroatoms. The van der Waals surface area contributed by atoms with Crippen molar-refractivity contribution in [3.63, 3.8) is 0 Å². The summed E-state index contributed by atoms with van der Waals surface area (Å²) in [4.78, 5) is 30.4. The van der Waals surface area contributed by atoms with Crippen molar-refractivity contribution in [2.24, 2.45) is 7.05 Å². The van der Waals surface area contributed by atoms with E-state index in [-0.39, 0.29) is 17.7 Å². The highest BCUT2D eigenvalue weighted by atomic mass is 32.1. The molecule has 0 aliphatic heterocycles. The van der Waals surface area contributed by atoms with Crippen LogP contribution in [-0.2, 0) is 18.3 Å². The normalized spacial score (nSPS) is 10.9. The van der Waals surface area contributed by atoms with Crippen molar-refractivity contribution in [2.75, 3.05) is 10.6 Å². The molecule has 1 aromatic carbocycles. The monoisotopic (exact) mass is 411 g/mol. The van der Waals surface area contributed by atoms with Crippen LogP contribution in [0.2, 0.25) is 0 Å². The zero-order chi connectivity index (χ0) is 20.8. The standard InChI is InChI=1S/C21H25N5O2S/c1-14(2)19-23-21(26(3)25-19)24-20(28)15-7-4-8-16(13-15)22-18(27)11-5-9-17-10-6-12-29-17/h4,6-8,10,12-14H,5,9,11H2,1-3H3,(H,22,27)(H,23,24,25,28). The van der Waals surface area contributed by atoms with Gasteiger partial charge >= 0.3 is 0 Å². The Bertz CT molecular complexity index is 979. The molecule has 2 amide bonds. The van der Waals surface area contributed by atoms with Crippen LogP contribution in [0.3, 0.4) is 0 Å². The van der Waals surface area contributed by atoms with Crippen molar-refractivity contribution in [1.29, 1.82) is 0 Å². The molecule has 2 heterocycles. The molecular weight excluding hydrogens is 386 g/mol. The highest BCUT2D eigenvalue weighted by Gasteiger charge is 2.14. The maximum absolute atomic E-state index is 12.6. The third-order valence-corrected chi connectivity index (χ3v) is 5.27. The fraction of sp³-hybridized carbons (Fsp3) is 0.333. The fourth-order valence-corrected chi connectivity index (χ4v) is 3.52. The van der Waals surface area contributed by atoms with E-state index in [1.807, 2.05) is 25.3 Å². The van der Waals surface area contributed by atoms with Crippen LogP contribution in [0.1, 0.15) is 53.7 Å². The van der Waals surface area contributed by atoms with E-state index in [9.17, 15) is 9.59 Å². The van der Waals surface area contributed by atoms with E-state index in [1.165, 1.54) is 4.88 Å². The zero-order valence-corrected chi connectivity index (χ0v) is 17.6. The number of aromatic nitrogens is 3. The molecule has 3 rings (SSSR count). The largest absolute Gasteiger partial charge is 0.326 e. The SMILES string of the molecule is CC(C)c1nc(NC(=O)c2cccc(NC(=O)CCCc3cccs3)c2)n(C)n1. The molecule has 0 spiro atoms. The minimum atomic E-state index is -0.301. The van der Waals surface area contributed by atoms with Gasteiger partial charge in [0.05, 0.1) is 0 Å². The van der Waals surface area contributed by atoms with Gasteiger partial charge in [-0.15, -0.1) is 11.3 Å². The highest BCUT2D eigenvalue weighted by Crippen LogP contribution is 2.16. The number of aryl methyl sites for hydroxylation is 2. The average Bonchev–Trinajstić information content (AvgIpc) is 3.32. The van der Waals surface area contributed by atoms with Crippen LogP contribution in [0.25, 0.3) is 0 Å². The van der Waals surface area contributed by atoms with Gasteiger partial charge in [0.2, 0.25) is 11.9 Å². The molecule has 29 heavy (non-hydrogen) atoms. The lowest BCUT2D eigenvalue weighted by atomic mass is 10.1. The van der Waals surface area contributed by atoms with Gasteiger partial charge in [0.1, 0.15) is 0 Å². The number of amides is 2. The maximum Gasteiger partial charge on any atom is 0.258 e. The van der Waals surface area contributed by atoms with Crippen LogP contribution < -0.4 is 10.6 Å². The molecule has 7 nitrogen and oxygen atoms in total. The average molecular weight is 412 g/mol. The van der Waals surface area contributed by atoms with Gasteiger partial charge in [-0.2, -0.15) is 10.1 Å². The molecule has 2 N–H and O–H groups in total. The number of carbonyl (C=O) groups excluding carboxylic acids is 2. The number of nitrogens with one attached hydrogen (secondary N) is 2. The van der Waals surface area contributed by atoms with Gasteiger partial charge in [-0.1, -0.05) is 26.0 Å². The van der Waals surface area contributed by atoms with Crippen molar-refractivity contribution >= 4 is 34.8 Å². The first-order valence-electron chi connectivity index (χ1n) is 9.57. The molecule has 3 aromatic rings. The van der Waals surface area contributed by atoms with Crippen LogP contribution in [0.5, 0.6) is 0 Å². The Balaban J connectivity index is 1.57. The van der Waals surface area contributed by atoms with E-state index in [2.05, 4.69) is 26.8 Å². The number of carbonyl (C=O) groups is 2. The van der Waals surface area contributed by atoms with Crippen molar-refractivity contribution in [3.05, 3.63) is 58.0 Å². The van der Waals surface area contributed by atoms with E-state index in [1.54, 1.807) is 47.3 Å². The molecule has 0 aliphatic rings. The molecule has 0 saturated heterocycles. The molecule has 152 valence electrons. The van der Waals surface area contributed by atoms with E-state index in [0.717, 1.165) is 12.8 Å². The summed E-state index contributed by atoms with van der Waals surface area (Å²) in [7, 11) is 1.74. The lowest BCUT2D eigenvalue weighted by molar-refractivity contribution is -0.116. The summed E-state index contributed by atoms with van der Waals surface area (Å²) in [5, 5.41) is 12.0. The van der Waals surface area contributed by atoms with Gasteiger partial charge in [-0.05, 0) is 42.5 Å². The topological polar surface area (TPSA) is 88.9 Å². The van der Waals surface area contributed by atoms with Gasteiger partial charge < -0.3 is 5.32 Å². The van der Waals surface area contributed by atoms with Gasteiger partial charge in [0.25, 0.3) is 5.91 Å². The molecule has 0 unspecified atom stereocenters. The third kappa shape index (κ3) is 5.74. The summed E-state index contributed by atoms with van der Waals surface area (Å²) >= 11 is 1.70. The Morgan fingerprint density at radius 3 is 2.69 bits per heavy atom. The Kier molecular flexibility index (Phi) is 6.77. The minimum Gasteiger partial charge on any atom is -0.326 e.